The molecule has 1 amide bonds. The molecule has 27 heavy (non-hydrogen) atoms. The van der Waals surface area contributed by atoms with E-state index in [0.717, 1.165) is 35.0 Å². The van der Waals surface area contributed by atoms with Crippen LogP contribution in [0.2, 0.25) is 0 Å². The summed E-state index contributed by atoms with van der Waals surface area (Å²) >= 11 is 0. The van der Waals surface area contributed by atoms with Gasteiger partial charge >= 0.3 is 0 Å². The van der Waals surface area contributed by atoms with Gasteiger partial charge in [0.05, 0.1) is 11.0 Å². The normalized spacial score (nSPS) is 16.1. The summed E-state index contributed by atoms with van der Waals surface area (Å²) in [4.78, 5) is 29.6. The van der Waals surface area contributed by atoms with E-state index in [-0.39, 0.29) is 17.5 Å². The third-order valence-corrected chi connectivity index (χ3v) is 5.76. The molecule has 1 saturated carbocycles. The van der Waals surface area contributed by atoms with Crippen molar-refractivity contribution in [3.05, 3.63) is 39.3 Å². The second-order valence-corrected chi connectivity index (χ2v) is 7.94. The Balaban J connectivity index is 1.74. The molecule has 0 radical (unpaired) electrons. The zero-order valence-electron chi connectivity index (χ0n) is 16.8. The van der Waals surface area contributed by atoms with Crippen LogP contribution in [0.25, 0.3) is 11.0 Å². The largest absolute Gasteiger partial charge is 0.353 e. The Labute approximate surface area is 161 Å². The Morgan fingerprint density at radius 2 is 1.70 bits per heavy atom. The van der Waals surface area contributed by atoms with Crippen molar-refractivity contribution in [3.8, 4) is 0 Å². The van der Waals surface area contributed by atoms with E-state index >= 15 is 0 Å². The fraction of sp³-hybridized carbons (Fsp3) is 0.591. The maximum Gasteiger partial charge on any atom is 0.272 e. The number of carbonyl (C=O) groups is 1. The number of fused-ring (bicyclic) bond motifs is 1. The summed E-state index contributed by atoms with van der Waals surface area (Å²) in [7, 11) is 0. The molecular weight excluding hydrogens is 338 g/mol. The molecule has 1 N–H and O–H groups in total. The van der Waals surface area contributed by atoms with E-state index in [2.05, 4.69) is 10.3 Å². The van der Waals surface area contributed by atoms with Gasteiger partial charge in [-0.2, -0.15) is 0 Å². The number of hydrogen-bond donors (Lipinski definition) is 1. The Kier molecular flexibility index (Phi) is 6.30. The van der Waals surface area contributed by atoms with Crippen LogP contribution in [0.3, 0.4) is 0 Å². The highest BCUT2D eigenvalue weighted by atomic mass is 16.2. The van der Waals surface area contributed by atoms with Crippen LogP contribution in [0, 0.1) is 20.8 Å². The minimum Gasteiger partial charge on any atom is -0.353 e. The van der Waals surface area contributed by atoms with Crippen LogP contribution in [0.1, 0.15) is 68.2 Å². The van der Waals surface area contributed by atoms with Gasteiger partial charge in [-0.15, -0.1) is 0 Å². The zero-order chi connectivity index (χ0) is 19.4. The molecular formula is C22H31N3O2. The molecule has 0 unspecified atom stereocenters. The molecule has 1 aromatic carbocycles. The van der Waals surface area contributed by atoms with E-state index < -0.39 is 0 Å². The fourth-order valence-corrected chi connectivity index (χ4v) is 3.96. The van der Waals surface area contributed by atoms with Crippen LogP contribution in [0.4, 0.5) is 0 Å². The SMILES string of the molecule is Cc1cc2nc(C)c(=O)n(CCC(=O)NC3CCCCCCC3)c2cc1C. The first-order valence-corrected chi connectivity index (χ1v) is 10.2. The highest BCUT2D eigenvalue weighted by Gasteiger charge is 2.15. The van der Waals surface area contributed by atoms with Gasteiger partial charge in [0.25, 0.3) is 5.56 Å². The van der Waals surface area contributed by atoms with E-state index in [9.17, 15) is 9.59 Å². The van der Waals surface area contributed by atoms with Crippen LogP contribution in [0.5, 0.6) is 0 Å². The topological polar surface area (TPSA) is 64.0 Å². The highest BCUT2D eigenvalue weighted by molar-refractivity contribution is 5.78. The standard InChI is InChI=1S/C22H31N3O2/c1-15-13-19-20(14-16(15)2)25(22(27)17(3)23-19)12-11-21(26)24-18-9-7-5-4-6-8-10-18/h13-14,18H,4-12H2,1-3H3,(H,24,26). The van der Waals surface area contributed by atoms with E-state index in [1.165, 1.54) is 32.1 Å². The summed E-state index contributed by atoms with van der Waals surface area (Å²) in [5, 5.41) is 3.19. The smallest absolute Gasteiger partial charge is 0.272 e. The number of rotatable bonds is 4. The molecule has 146 valence electrons. The molecule has 2 aromatic rings. The molecule has 5 heteroatoms. The molecule has 0 atom stereocenters. The van der Waals surface area contributed by atoms with Gasteiger partial charge in [-0.25, -0.2) is 4.98 Å². The van der Waals surface area contributed by atoms with Gasteiger partial charge < -0.3 is 9.88 Å². The van der Waals surface area contributed by atoms with Gasteiger partial charge in [0.15, 0.2) is 0 Å². The monoisotopic (exact) mass is 369 g/mol. The molecule has 0 saturated heterocycles. The number of nitrogens with one attached hydrogen (secondary N) is 1. The number of hydrogen-bond acceptors (Lipinski definition) is 3. The van der Waals surface area contributed by atoms with Gasteiger partial charge in [-0.05, 0) is 56.9 Å². The lowest BCUT2D eigenvalue weighted by atomic mass is 9.96. The van der Waals surface area contributed by atoms with Gasteiger partial charge in [0, 0.05) is 19.0 Å². The van der Waals surface area contributed by atoms with E-state index in [1.807, 2.05) is 26.0 Å². The molecule has 1 aromatic heterocycles. The molecule has 3 rings (SSSR count). The first-order valence-electron chi connectivity index (χ1n) is 10.2. The van der Waals surface area contributed by atoms with Crippen molar-refractivity contribution in [2.24, 2.45) is 0 Å². The van der Waals surface area contributed by atoms with Gasteiger partial charge in [-0.1, -0.05) is 32.1 Å². The van der Waals surface area contributed by atoms with Crippen molar-refractivity contribution < 1.29 is 4.79 Å². The molecule has 0 spiro atoms. The van der Waals surface area contributed by atoms with Crippen molar-refractivity contribution >= 4 is 16.9 Å². The van der Waals surface area contributed by atoms with Crippen molar-refractivity contribution in [1.82, 2.24) is 14.9 Å². The molecule has 1 fully saturated rings. The zero-order valence-corrected chi connectivity index (χ0v) is 16.8. The number of benzene rings is 1. The number of amides is 1. The number of nitrogens with zero attached hydrogens (tertiary/aromatic N) is 2. The lowest BCUT2D eigenvalue weighted by Crippen LogP contribution is -2.36. The predicted molar refractivity (Wildman–Crippen MR) is 109 cm³/mol. The summed E-state index contributed by atoms with van der Waals surface area (Å²) in [6.07, 6.45) is 8.70. The van der Waals surface area contributed by atoms with Crippen LogP contribution >= 0.6 is 0 Å². The third kappa shape index (κ3) is 4.76. The Morgan fingerprint density at radius 1 is 1.07 bits per heavy atom. The van der Waals surface area contributed by atoms with Crippen LogP contribution < -0.4 is 10.9 Å². The quantitative estimate of drug-likeness (QED) is 0.888. The van der Waals surface area contributed by atoms with Gasteiger partial charge in [0.2, 0.25) is 5.91 Å². The Bertz CT molecular complexity index is 877. The maximum absolute atomic E-state index is 12.6. The van der Waals surface area contributed by atoms with Crippen molar-refractivity contribution in [1.29, 1.82) is 0 Å². The van der Waals surface area contributed by atoms with E-state index in [1.54, 1.807) is 11.5 Å². The molecule has 1 heterocycles. The summed E-state index contributed by atoms with van der Waals surface area (Å²) in [5.41, 5.74) is 4.28. The predicted octanol–water partition coefficient (Wildman–Crippen LogP) is 3.94. The summed E-state index contributed by atoms with van der Waals surface area (Å²) in [5.74, 6) is 0.0407. The highest BCUT2D eigenvalue weighted by Crippen LogP contribution is 2.18. The van der Waals surface area contributed by atoms with Crippen molar-refractivity contribution in [2.45, 2.75) is 84.7 Å². The number of aryl methyl sites for hydroxylation is 4. The van der Waals surface area contributed by atoms with Crippen molar-refractivity contribution in [3.63, 3.8) is 0 Å². The average molecular weight is 370 g/mol. The Morgan fingerprint density at radius 3 is 2.41 bits per heavy atom. The molecule has 0 aliphatic heterocycles. The fourth-order valence-electron chi connectivity index (χ4n) is 3.96. The molecule has 5 nitrogen and oxygen atoms in total. The average Bonchev–Trinajstić information content (AvgIpc) is 2.60. The van der Waals surface area contributed by atoms with Crippen LogP contribution in [0.15, 0.2) is 16.9 Å². The molecule has 0 bridgehead atoms. The minimum atomic E-state index is -0.107. The second kappa shape index (κ2) is 8.68. The van der Waals surface area contributed by atoms with E-state index in [4.69, 9.17) is 0 Å². The minimum absolute atomic E-state index is 0.0407. The molecule has 1 aliphatic carbocycles. The van der Waals surface area contributed by atoms with Crippen LogP contribution in [-0.4, -0.2) is 21.5 Å². The van der Waals surface area contributed by atoms with Gasteiger partial charge in [-0.3, -0.25) is 9.59 Å². The lowest BCUT2D eigenvalue weighted by molar-refractivity contribution is -0.122. The lowest BCUT2D eigenvalue weighted by Gasteiger charge is -2.21. The van der Waals surface area contributed by atoms with Crippen molar-refractivity contribution in [2.75, 3.05) is 0 Å². The summed E-state index contributed by atoms with van der Waals surface area (Å²) < 4.78 is 1.71. The first-order chi connectivity index (χ1) is 13.0. The second-order valence-electron chi connectivity index (χ2n) is 7.94. The van der Waals surface area contributed by atoms with Crippen LogP contribution in [-0.2, 0) is 11.3 Å². The third-order valence-electron chi connectivity index (χ3n) is 5.76. The summed E-state index contributed by atoms with van der Waals surface area (Å²) in [6, 6.07) is 4.31. The summed E-state index contributed by atoms with van der Waals surface area (Å²) in [6.45, 7) is 6.20. The Hall–Kier alpha value is -2.17. The number of aromatic nitrogens is 2. The molecule has 1 aliphatic rings. The number of carbonyl (C=O) groups excluding carboxylic acids is 1. The van der Waals surface area contributed by atoms with E-state index in [0.29, 0.717) is 18.7 Å². The van der Waals surface area contributed by atoms with Gasteiger partial charge in [0.1, 0.15) is 5.69 Å². The first kappa shape index (κ1) is 19.6. The maximum atomic E-state index is 12.6.